The van der Waals surface area contributed by atoms with Crippen LogP contribution in [0.4, 0.5) is 9.52 Å². The number of nitrogens with one attached hydrogen (secondary N) is 1. The molecule has 0 atom stereocenters. The molecule has 1 heterocycles. The Morgan fingerprint density at radius 2 is 1.46 bits per heavy atom. The predicted molar refractivity (Wildman–Crippen MR) is 135 cm³/mol. The van der Waals surface area contributed by atoms with Crippen LogP contribution in [0.25, 0.3) is 0 Å². The average Bonchev–Trinajstić information content (AvgIpc) is 3.37. The quantitative estimate of drug-likeness (QED) is 0.133. The molecule has 0 saturated heterocycles. The molecule has 0 saturated carbocycles. The molecule has 0 aliphatic rings. The number of halogens is 1. The van der Waals surface area contributed by atoms with Gasteiger partial charge >= 0.3 is 5.97 Å². The van der Waals surface area contributed by atoms with Gasteiger partial charge in [-0.25, -0.2) is 14.2 Å². The number of ether oxygens (including phenoxy) is 1. The Labute approximate surface area is 207 Å². The number of aromatic nitrogens is 1. The summed E-state index contributed by atoms with van der Waals surface area (Å²) in [6.45, 7) is 0.645. The Kier molecular flexibility index (Phi) is 7.84. The Morgan fingerprint density at radius 3 is 1.91 bits per heavy atom. The molecule has 0 unspecified atom stereocenters. The maximum Gasteiger partial charge on any atom is 0.362 e. The topological polar surface area (TPSA) is 72.8 Å². The van der Waals surface area contributed by atoms with Crippen LogP contribution in [0.2, 0.25) is 0 Å². The van der Waals surface area contributed by atoms with Gasteiger partial charge in [-0.05, 0) is 23.6 Å². The van der Waals surface area contributed by atoms with Crippen molar-refractivity contribution in [1.82, 2.24) is 4.98 Å². The lowest BCUT2D eigenvalue weighted by atomic mass is 9.77. The molecular formula is C27H24FN3O3S. The van der Waals surface area contributed by atoms with Crippen LogP contribution < -0.4 is 5.32 Å². The van der Waals surface area contributed by atoms with Crippen LogP contribution in [-0.2, 0) is 19.9 Å². The molecule has 0 spiro atoms. The highest BCUT2D eigenvalue weighted by molar-refractivity contribution is 7.14. The number of hydrogen-bond acceptors (Lipinski definition) is 7. The molecule has 0 bridgehead atoms. The van der Waals surface area contributed by atoms with Crippen LogP contribution in [0.15, 0.2) is 102 Å². The zero-order chi connectivity index (χ0) is 24.5. The van der Waals surface area contributed by atoms with Gasteiger partial charge in [0.15, 0.2) is 5.13 Å². The fraction of sp³-hybridized carbons (Fsp3) is 0.148. The second-order valence-electron chi connectivity index (χ2n) is 7.41. The van der Waals surface area contributed by atoms with Crippen LogP contribution in [0.1, 0.15) is 29.3 Å². The van der Waals surface area contributed by atoms with E-state index in [0.717, 1.165) is 16.7 Å². The van der Waals surface area contributed by atoms with Crippen molar-refractivity contribution < 1.29 is 18.8 Å². The minimum atomic E-state index is -1.17. The van der Waals surface area contributed by atoms with E-state index in [2.05, 4.69) is 56.7 Å². The molecule has 0 aliphatic heterocycles. The first-order chi connectivity index (χ1) is 17.2. The van der Waals surface area contributed by atoms with Gasteiger partial charge in [0.25, 0.3) is 6.86 Å². The summed E-state index contributed by atoms with van der Waals surface area (Å²) in [5.41, 5.74) is 2.28. The summed E-state index contributed by atoms with van der Waals surface area (Å²) in [5, 5.41) is 9.42. The summed E-state index contributed by atoms with van der Waals surface area (Å²) in [5.74, 6) is -0.738. The highest BCUT2D eigenvalue weighted by Crippen LogP contribution is 2.40. The van der Waals surface area contributed by atoms with E-state index in [0.29, 0.717) is 5.13 Å². The maximum absolute atomic E-state index is 12.6. The molecule has 3 aromatic carbocycles. The van der Waals surface area contributed by atoms with Gasteiger partial charge in [0, 0.05) is 5.38 Å². The molecule has 1 aromatic heterocycles. The summed E-state index contributed by atoms with van der Waals surface area (Å²) >= 11 is 1.30. The van der Waals surface area contributed by atoms with Gasteiger partial charge in [0.2, 0.25) is 5.71 Å². The summed E-state index contributed by atoms with van der Waals surface area (Å²) in [4.78, 5) is 21.5. The van der Waals surface area contributed by atoms with Gasteiger partial charge in [-0.15, -0.1) is 11.3 Å². The van der Waals surface area contributed by atoms with Gasteiger partial charge in [-0.1, -0.05) is 96.2 Å². The smallest absolute Gasteiger partial charge is 0.362 e. The number of benzene rings is 3. The molecule has 6 nitrogen and oxygen atoms in total. The summed E-state index contributed by atoms with van der Waals surface area (Å²) in [6.07, 6.45) is 0. The van der Waals surface area contributed by atoms with Crippen LogP contribution >= 0.6 is 11.3 Å². The number of carbonyl (C=O) groups excluding carboxylic acids is 1. The van der Waals surface area contributed by atoms with Crippen molar-refractivity contribution in [3.05, 3.63) is 119 Å². The van der Waals surface area contributed by atoms with Crippen molar-refractivity contribution in [2.75, 3.05) is 18.8 Å². The Balaban J connectivity index is 1.84. The summed E-state index contributed by atoms with van der Waals surface area (Å²) in [6, 6.07) is 30.2. The number of hydrogen-bond donors (Lipinski definition) is 1. The van der Waals surface area contributed by atoms with E-state index in [-0.39, 0.29) is 18.0 Å². The van der Waals surface area contributed by atoms with E-state index in [9.17, 15) is 9.18 Å². The van der Waals surface area contributed by atoms with Gasteiger partial charge in [-0.2, -0.15) is 0 Å². The molecule has 1 N–H and O–H groups in total. The van der Waals surface area contributed by atoms with E-state index < -0.39 is 18.4 Å². The van der Waals surface area contributed by atoms with E-state index >= 15 is 0 Å². The predicted octanol–water partition coefficient (Wildman–Crippen LogP) is 5.76. The van der Waals surface area contributed by atoms with E-state index in [4.69, 9.17) is 4.74 Å². The van der Waals surface area contributed by atoms with Crippen LogP contribution in [0.5, 0.6) is 0 Å². The normalized spacial score (nSPS) is 11.7. The molecule has 8 heteroatoms. The van der Waals surface area contributed by atoms with Gasteiger partial charge < -0.3 is 14.9 Å². The first-order valence-corrected chi connectivity index (χ1v) is 11.9. The number of thiazole rings is 1. The highest BCUT2D eigenvalue weighted by Gasteiger charge is 2.37. The van der Waals surface area contributed by atoms with Crippen molar-refractivity contribution in [2.24, 2.45) is 5.16 Å². The average molecular weight is 490 g/mol. The lowest BCUT2D eigenvalue weighted by Crippen LogP contribution is -2.38. The van der Waals surface area contributed by atoms with E-state index in [1.54, 1.807) is 12.3 Å². The number of oxime groups is 1. The standard InChI is InChI=1S/C27H24FN3O3S/c1-2-33-25(32)24(31-34-19-28)23-18-35-26(29-23)30-27(20-12-6-3-7-13-20,21-14-8-4-9-15-21)22-16-10-5-11-17-22/h3-18H,2,19H2,1H3,(H,29,30)/b31-24-. The Hall–Kier alpha value is -4.04. The van der Waals surface area contributed by atoms with E-state index in [1.807, 2.05) is 54.6 Å². The number of nitrogens with zero attached hydrogens (tertiary/aromatic N) is 2. The first kappa shape index (κ1) is 24.1. The fourth-order valence-electron chi connectivity index (χ4n) is 3.86. The second-order valence-corrected chi connectivity index (χ2v) is 8.27. The summed E-state index contributed by atoms with van der Waals surface area (Å²) in [7, 11) is 0. The van der Waals surface area contributed by atoms with Gasteiger partial charge in [0.05, 0.1) is 6.61 Å². The van der Waals surface area contributed by atoms with Crippen LogP contribution in [0, 0.1) is 0 Å². The van der Waals surface area contributed by atoms with Gasteiger partial charge in [-0.3, -0.25) is 0 Å². The number of carbonyl (C=O) groups is 1. The monoisotopic (exact) mass is 489 g/mol. The minimum absolute atomic E-state index is 0.141. The molecule has 0 amide bonds. The molecule has 0 aliphatic carbocycles. The minimum Gasteiger partial charge on any atom is -0.461 e. The summed E-state index contributed by atoms with van der Waals surface area (Å²) < 4.78 is 17.6. The van der Waals surface area contributed by atoms with E-state index in [1.165, 1.54) is 11.3 Å². The fourth-order valence-corrected chi connectivity index (χ4v) is 4.61. The van der Waals surface area contributed by atoms with Crippen LogP contribution in [0.3, 0.4) is 0 Å². The second kappa shape index (κ2) is 11.4. The highest BCUT2D eigenvalue weighted by atomic mass is 32.1. The van der Waals surface area contributed by atoms with Crippen molar-refractivity contribution in [3.8, 4) is 0 Å². The molecular weight excluding hydrogens is 465 g/mol. The van der Waals surface area contributed by atoms with Crippen molar-refractivity contribution in [1.29, 1.82) is 0 Å². The zero-order valence-electron chi connectivity index (χ0n) is 19.1. The largest absolute Gasteiger partial charge is 0.461 e. The molecule has 4 rings (SSSR count). The lowest BCUT2D eigenvalue weighted by molar-refractivity contribution is -0.135. The number of alkyl halides is 1. The molecule has 178 valence electrons. The first-order valence-electron chi connectivity index (χ1n) is 11.0. The number of rotatable bonds is 10. The van der Waals surface area contributed by atoms with Crippen molar-refractivity contribution in [2.45, 2.75) is 12.5 Å². The van der Waals surface area contributed by atoms with Crippen LogP contribution in [-0.4, -0.2) is 30.1 Å². The number of anilines is 1. The lowest BCUT2D eigenvalue weighted by Gasteiger charge is -2.36. The molecule has 35 heavy (non-hydrogen) atoms. The zero-order valence-corrected chi connectivity index (χ0v) is 19.9. The van der Waals surface area contributed by atoms with Crippen molar-refractivity contribution in [3.63, 3.8) is 0 Å². The Bertz CT molecular complexity index is 1170. The van der Waals surface area contributed by atoms with Crippen molar-refractivity contribution >= 4 is 28.1 Å². The molecule has 0 radical (unpaired) electrons. The number of esters is 1. The van der Waals surface area contributed by atoms with Gasteiger partial charge in [0.1, 0.15) is 11.2 Å². The third-order valence-electron chi connectivity index (χ3n) is 5.34. The Morgan fingerprint density at radius 1 is 0.943 bits per heavy atom. The third kappa shape index (κ3) is 5.22. The SMILES string of the molecule is CCOC(=O)/C(=N\OCF)c1csc(NC(c2ccccc2)(c2ccccc2)c2ccccc2)n1. The third-order valence-corrected chi connectivity index (χ3v) is 6.09. The molecule has 0 fully saturated rings. The maximum atomic E-state index is 12.6. The molecule has 4 aromatic rings.